The summed E-state index contributed by atoms with van der Waals surface area (Å²) in [6.45, 7) is -1.90. The molecule has 0 aromatic carbocycles. The van der Waals surface area contributed by atoms with Crippen molar-refractivity contribution in [2.24, 2.45) is 82.9 Å². The van der Waals surface area contributed by atoms with Gasteiger partial charge in [0.2, 0.25) is 0 Å². The van der Waals surface area contributed by atoms with Crippen LogP contribution in [-0.4, -0.2) is 199 Å². The molecule has 7 aliphatic heterocycles. The maximum Gasteiger partial charge on any atom is 0.354 e. The van der Waals surface area contributed by atoms with Crippen molar-refractivity contribution in [2.75, 3.05) is 44.5 Å². The van der Waals surface area contributed by atoms with Gasteiger partial charge in [-0.2, -0.15) is 90.8 Å². The average molecular weight is 1830 g/mol. The molecule has 0 spiro atoms. The SMILES string of the molecule is CC12CC3CC1C(C3C(=O)OCC(F)(F)SOO[O-])S(=O)(=O)O2.CC1CC2CC(C)(OS2(=O)=O)C1C(=O)OCC(F)(F)SOO[O-].O=C(OCC(F)(F)SOO[O-])C1C2CC3C(O2)C1OS3(=O)=O.O=C(OCC(F)(F)SOO[O-])C1C2CC3C1CS(=O)(=O)C3C2.O=C(OCC(F)(F)SOO[O-])C1C2CC3CS(=O)(=O)C1C3C2. The first-order valence-corrected chi connectivity index (χ1v) is 44.2. The quantitative estimate of drug-likeness (QED) is 0.0169. The molecule has 0 aromatic heterocycles. The second kappa shape index (κ2) is 34.5. The Kier molecular flexibility index (Phi) is 28.2. The van der Waals surface area contributed by atoms with Crippen LogP contribution in [0.15, 0.2) is 0 Å². The Morgan fingerprint density at radius 2 is 0.848 bits per heavy atom. The largest absolute Gasteiger partial charge is 0.691 e. The molecule has 112 heavy (non-hydrogen) atoms. The molecule has 14 fully saturated rings. The van der Waals surface area contributed by atoms with Gasteiger partial charge in [0.25, 0.3) is 30.4 Å². The van der Waals surface area contributed by atoms with E-state index in [4.69, 9.17) is 17.3 Å². The van der Waals surface area contributed by atoms with Crippen LogP contribution < -0.4 is 26.3 Å². The van der Waals surface area contributed by atoms with Gasteiger partial charge in [-0.3, -0.25) is 61.7 Å². The molecule has 0 radical (unpaired) electrons. The van der Waals surface area contributed by atoms with Crippen LogP contribution in [0.4, 0.5) is 43.9 Å². The zero-order valence-electron chi connectivity index (χ0n) is 56.8. The lowest BCUT2D eigenvalue weighted by molar-refractivity contribution is -0.777. The Hall–Kier alpha value is -2.61. The zero-order chi connectivity index (χ0) is 82.9. The van der Waals surface area contributed by atoms with Crippen molar-refractivity contribution in [3.63, 3.8) is 0 Å². The highest BCUT2D eigenvalue weighted by atomic mass is 32.2. The van der Waals surface area contributed by atoms with E-state index in [1.807, 2.05) is 0 Å². The second-order valence-corrected chi connectivity index (χ2v) is 43.1. The highest BCUT2D eigenvalue weighted by molar-refractivity contribution is 7.96. The summed E-state index contributed by atoms with van der Waals surface area (Å²) in [4.78, 5) is 60.3. The molecule has 7 aliphatic carbocycles. The van der Waals surface area contributed by atoms with Gasteiger partial charge in [0.15, 0.2) is 52.7 Å². The lowest BCUT2D eigenvalue weighted by Gasteiger charge is -2.37. The molecular formula is C53H63F10O39S10-5. The van der Waals surface area contributed by atoms with Gasteiger partial charge in [-0.1, -0.05) is 6.92 Å². The molecule has 7 heterocycles. The molecule has 10 bridgehead atoms. The van der Waals surface area contributed by atoms with Gasteiger partial charge < -0.3 is 54.7 Å². The van der Waals surface area contributed by atoms with Crippen molar-refractivity contribution in [3.8, 4) is 0 Å². The minimum absolute atomic E-state index is 0.0559. The third kappa shape index (κ3) is 19.9. The fraction of sp³-hybridized carbons (Fsp3) is 0.906. The van der Waals surface area contributed by atoms with Gasteiger partial charge in [0, 0.05) is 5.92 Å². The lowest BCUT2D eigenvalue weighted by atomic mass is 9.70. The number of esters is 5. The Morgan fingerprint density at radius 3 is 1.33 bits per heavy atom. The van der Waals surface area contributed by atoms with E-state index in [2.05, 4.69) is 70.5 Å². The first kappa shape index (κ1) is 91.7. The number of carbonyl (C=O) groups excluding carboxylic acids is 5. The fourth-order valence-electron chi connectivity index (χ4n) is 18.6. The van der Waals surface area contributed by atoms with Gasteiger partial charge in [-0.05, 0) is 119 Å². The van der Waals surface area contributed by atoms with E-state index in [1.54, 1.807) is 13.8 Å². The van der Waals surface area contributed by atoms with Crippen molar-refractivity contribution in [1.29, 1.82) is 0 Å². The first-order chi connectivity index (χ1) is 51.9. The Balaban J connectivity index is 0.000000149. The van der Waals surface area contributed by atoms with Crippen LogP contribution in [-0.2, 0) is 162 Å². The fourth-order valence-corrected chi connectivity index (χ4v) is 31.1. The van der Waals surface area contributed by atoms with E-state index in [9.17, 15) is 136 Å². The van der Waals surface area contributed by atoms with Gasteiger partial charge >= 0.3 is 56.1 Å². The number of rotatable bonds is 30. The van der Waals surface area contributed by atoms with E-state index in [0.717, 1.165) is 0 Å². The normalized spacial score (nSPS) is 38.3. The van der Waals surface area contributed by atoms with Gasteiger partial charge in [0.1, 0.15) is 88.8 Å². The number of ether oxygens (including phenoxy) is 6. The average Bonchev–Trinajstić information content (AvgIpc) is 1.52. The van der Waals surface area contributed by atoms with E-state index in [-0.39, 0.29) is 83.4 Å². The highest BCUT2D eigenvalue weighted by Crippen LogP contribution is 2.64. The van der Waals surface area contributed by atoms with E-state index < -0.39 is 285 Å². The summed E-state index contributed by atoms with van der Waals surface area (Å²) in [5, 5.41) is 39.4. The third-order valence-corrected chi connectivity index (χ3v) is 34.6. The monoisotopic (exact) mass is 1830 g/mol. The number of halogens is 10. The number of carbonyl (C=O) groups is 5. The Morgan fingerprint density at radius 1 is 0.420 bits per heavy atom. The number of hydrogen-bond acceptors (Lipinski definition) is 44. The molecule has 0 amide bonds. The first-order valence-electron chi connectivity index (χ1n) is 32.7. The summed E-state index contributed by atoms with van der Waals surface area (Å²) < 4.78 is 312. The molecule has 39 nitrogen and oxygen atoms in total. The van der Waals surface area contributed by atoms with Crippen LogP contribution in [0.1, 0.15) is 78.6 Å². The maximum absolute atomic E-state index is 13.3. The number of fused-ring (bicyclic) bond motifs is 6. The molecule has 0 N–H and O–H groups in total. The molecule has 24 unspecified atom stereocenters. The van der Waals surface area contributed by atoms with E-state index in [0.29, 0.717) is 38.5 Å². The summed E-state index contributed by atoms with van der Waals surface area (Å²) in [5.74, 6) is -11.0. The predicted molar refractivity (Wildman–Crippen MR) is 330 cm³/mol. The summed E-state index contributed by atoms with van der Waals surface area (Å²) in [6, 6.07) is 0. The van der Waals surface area contributed by atoms with E-state index >= 15 is 0 Å². The van der Waals surface area contributed by atoms with Crippen molar-refractivity contribution in [1.82, 2.24) is 0 Å². The molecule has 0 aromatic rings. The topological polar surface area (TPSA) is 547 Å². The third-order valence-electron chi connectivity index (χ3n) is 22.1. The van der Waals surface area contributed by atoms with Crippen LogP contribution in [0, 0.1) is 82.9 Å². The molecule has 59 heteroatoms. The van der Waals surface area contributed by atoms with Crippen LogP contribution >= 0.6 is 60.2 Å². The lowest BCUT2D eigenvalue weighted by Crippen LogP contribution is -2.47. The van der Waals surface area contributed by atoms with Crippen LogP contribution in [0.5, 0.6) is 0 Å². The summed E-state index contributed by atoms with van der Waals surface area (Å²) in [7, 11) is -18.1. The standard InChI is InChI=1S/C11H14F2O8S2.C11H16F2O8S2.2C11H14F2O7S2.C9H10F2O9S2/c1-10-3-5-2-6(10)8(23(16,17)19-10)7(5)9(14)18-4-11(12,13)22-21-20-15;1-6-3-7-4-10(2,19-23(7,16)17)8(6)9(14)18-5-11(12,13)22-21-20-15;12-11(13,21-20-19-15)4-18-10(14)9-5-1-6-7(9)3-22(16,17)8(6)2-5;12-11(13,21-20-19-15)4-18-10(14)8-5-1-6-3-22(16,17)9(8)7(6)2-5;10-9(11,21-20-19-13)2-16-8(12)5-3-1-4-6(17-3)7(5)18-22(4,14)15/h5-8,15H,2-4H2,1H3;6-8,15H,3-5H2,1-2H3;2*5-9,15H,1-4H2;3-7,13H,1-2H2/p-5. The van der Waals surface area contributed by atoms with Gasteiger partial charge in [-0.25, -0.2) is 16.8 Å². The smallest absolute Gasteiger partial charge is 0.354 e. The van der Waals surface area contributed by atoms with Crippen LogP contribution in [0.2, 0.25) is 0 Å². The molecular weight excluding hydrogens is 1770 g/mol. The molecule has 24 atom stereocenters. The summed E-state index contributed by atoms with van der Waals surface area (Å²) in [5.41, 5.74) is -2.13. The molecule has 644 valence electrons. The number of sulfone groups is 2. The van der Waals surface area contributed by atoms with Gasteiger partial charge in [-0.15, -0.1) is 0 Å². The van der Waals surface area contributed by atoms with E-state index in [1.165, 1.54) is 6.92 Å². The minimum Gasteiger partial charge on any atom is -0.691 e. The number of alkyl halides is 10. The Labute approximate surface area is 648 Å². The number of hydrogen-bond donors (Lipinski definition) is 0. The summed E-state index contributed by atoms with van der Waals surface area (Å²) >= 11 is -2.92. The second-order valence-electron chi connectivity index (χ2n) is 28.8. The maximum atomic E-state index is 13.3. The van der Waals surface area contributed by atoms with Crippen LogP contribution in [0.3, 0.4) is 0 Å². The Bertz CT molecular complexity index is 3950. The zero-order valence-corrected chi connectivity index (χ0v) is 65.0. The molecule has 14 aliphatic rings. The summed E-state index contributed by atoms with van der Waals surface area (Å²) in [6.07, 6.45) is 0.925. The van der Waals surface area contributed by atoms with Crippen LogP contribution in [0.25, 0.3) is 0 Å². The minimum atomic E-state index is -3.93. The molecule has 7 saturated heterocycles. The van der Waals surface area contributed by atoms with Crippen molar-refractivity contribution in [2.45, 2.75) is 161 Å². The highest BCUT2D eigenvalue weighted by Gasteiger charge is 2.73. The molecule has 7 saturated carbocycles. The van der Waals surface area contributed by atoms with Crippen molar-refractivity contribution >= 4 is 140 Å². The van der Waals surface area contributed by atoms with Gasteiger partial charge in [0.05, 0.1) is 68.2 Å². The van der Waals surface area contributed by atoms with Crippen molar-refractivity contribution < 1.29 is 224 Å². The molecule has 14 rings (SSSR count). The predicted octanol–water partition coefficient (Wildman–Crippen LogP) is -0.330. The van der Waals surface area contributed by atoms with Crippen molar-refractivity contribution in [3.05, 3.63) is 0 Å².